The molecule has 0 N–H and O–H groups in total. The van der Waals surface area contributed by atoms with Gasteiger partial charge in [-0.3, -0.25) is 0 Å². The van der Waals surface area contributed by atoms with Gasteiger partial charge in [-0.15, -0.1) is 0 Å². The molecule has 238 valence electrons. The Kier molecular flexibility index (Phi) is 25.7. The maximum absolute atomic E-state index is 12.0. The van der Waals surface area contributed by atoms with Crippen molar-refractivity contribution in [2.45, 2.75) is 194 Å². The van der Waals surface area contributed by atoms with Crippen LogP contribution in [0.25, 0.3) is 0 Å². The number of allylic oxidation sites excluding steroid dienone is 2. The molecule has 0 aromatic heterocycles. The van der Waals surface area contributed by atoms with Gasteiger partial charge in [0.2, 0.25) is 0 Å². The first-order chi connectivity index (χ1) is 20.2. The van der Waals surface area contributed by atoms with Gasteiger partial charge in [0.1, 0.15) is 0 Å². The number of unbranched alkanes of at least 4 members (excludes halogenated alkanes) is 25. The maximum Gasteiger partial charge on any atom is 0.424 e. The zero-order valence-electron chi connectivity index (χ0n) is 27.0. The van der Waals surface area contributed by atoms with Gasteiger partial charge in [0.25, 0.3) is 5.76 Å². The summed E-state index contributed by atoms with van der Waals surface area (Å²) in [5.41, 5.74) is 0. The summed E-state index contributed by atoms with van der Waals surface area (Å²) in [5.74, 6) is -0.500. The molecule has 1 aliphatic rings. The molecule has 1 rings (SSSR count). The highest BCUT2D eigenvalue weighted by Gasteiger charge is 2.34. The van der Waals surface area contributed by atoms with E-state index in [1.165, 1.54) is 154 Å². The van der Waals surface area contributed by atoms with Crippen LogP contribution < -0.4 is 0 Å². The van der Waals surface area contributed by atoms with Gasteiger partial charge in [-0.05, 0) is 19.3 Å². The van der Waals surface area contributed by atoms with E-state index in [4.69, 9.17) is 4.74 Å². The van der Waals surface area contributed by atoms with E-state index in [1.54, 1.807) is 6.08 Å². The molecule has 1 heterocycles. The van der Waals surface area contributed by atoms with Gasteiger partial charge in [0.05, 0.1) is 0 Å². The van der Waals surface area contributed by atoms with Gasteiger partial charge < -0.3 is 4.74 Å². The highest BCUT2D eigenvalue weighted by atomic mass is 17.2. The molecule has 0 fully saturated rings. The van der Waals surface area contributed by atoms with Gasteiger partial charge in [-0.1, -0.05) is 174 Å². The first kappa shape index (κ1) is 37.2. The summed E-state index contributed by atoms with van der Waals surface area (Å²) in [6.07, 6.45) is 38.9. The van der Waals surface area contributed by atoms with Crippen molar-refractivity contribution >= 4 is 11.9 Å². The van der Waals surface area contributed by atoms with Crippen LogP contribution in [0.5, 0.6) is 0 Å². The summed E-state index contributed by atoms with van der Waals surface area (Å²) >= 11 is 0. The zero-order valence-corrected chi connectivity index (χ0v) is 27.0. The van der Waals surface area contributed by atoms with Gasteiger partial charge in [-0.2, -0.15) is 0 Å². The molecule has 0 aromatic rings. The van der Waals surface area contributed by atoms with E-state index in [-0.39, 0.29) is 5.76 Å². The summed E-state index contributed by atoms with van der Waals surface area (Å²) < 4.78 is 5.26. The molecule has 0 saturated heterocycles. The Bertz CT molecular complexity index is 696. The summed E-state index contributed by atoms with van der Waals surface area (Å²) in [4.78, 5) is 33.0. The number of rotatable bonds is 30. The van der Waals surface area contributed by atoms with Crippen molar-refractivity contribution in [1.29, 1.82) is 0 Å². The van der Waals surface area contributed by atoms with Crippen LogP contribution in [0.4, 0.5) is 0 Å². The fraction of sp³-hybridized carbons (Fsp3) is 0.833. The Morgan fingerprint density at radius 3 is 1.37 bits per heavy atom. The minimum atomic E-state index is -0.715. The van der Waals surface area contributed by atoms with Crippen LogP contribution in [0, 0.1) is 0 Å². The molecular formula is C36H64O5. The minimum Gasteiger partial charge on any atom is -0.446 e. The quantitative estimate of drug-likeness (QED) is 0.0368. The molecule has 0 bridgehead atoms. The van der Waals surface area contributed by atoms with Gasteiger partial charge in [0, 0.05) is 12.5 Å². The molecule has 0 saturated carbocycles. The van der Waals surface area contributed by atoms with Crippen LogP contribution >= 0.6 is 0 Å². The van der Waals surface area contributed by atoms with Crippen LogP contribution in [-0.2, 0) is 24.1 Å². The molecule has 5 nitrogen and oxygen atoms in total. The largest absolute Gasteiger partial charge is 0.446 e. The number of carbonyl (C=O) groups excluding carboxylic acids is 2. The first-order valence-corrected chi connectivity index (χ1v) is 17.7. The predicted molar refractivity (Wildman–Crippen MR) is 170 cm³/mol. The van der Waals surface area contributed by atoms with E-state index >= 15 is 0 Å². The third kappa shape index (κ3) is 24.5. The van der Waals surface area contributed by atoms with Crippen molar-refractivity contribution in [3.63, 3.8) is 0 Å². The van der Waals surface area contributed by atoms with Crippen LogP contribution in [-0.4, -0.2) is 11.9 Å². The third-order valence-corrected chi connectivity index (χ3v) is 8.06. The normalized spacial score (nSPS) is 12.6. The van der Waals surface area contributed by atoms with Crippen molar-refractivity contribution in [3.05, 3.63) is 23.7 Å². The lowest BCUT2D eigenvalue weighted by Crippen LogP contribution is -2.08. The zero-order chi connectivity index (χ0) is 29.6. The van der Waals surface area contributed by atoms with Crippen molar-refractivity contribution in [1.82, 2.24) is 0 Å². The fourth-order valence-corrected chi connectivity index (χ4v) is 5.33. The molecule has 0 unspecified atom stereocenters. The molecule has 0 atom stereocenters. The van der Waals surface area contributed by atoms with Crippen molar-refractivity contribution in [3.8, 4) is 0 Å². The highest BCUT2D eigenvalue weighted by Crippen LogP contribution is 2.32. The van der Waals surface area contributed by atoms with Gasteiger partial charge in [-0.25, -0.2) is 19.4 Å². The lowest BCUT2D eigenvalue weighted by Gasteiger charge is -2.02. The van der Waals surface area contributed by atoms with E-state index in [1.807, 2.05) is 0 Å². The van der Waals surface area contributed by atoms with Gasteiger partial charge >= 0.3 is 11.9 Å². The summed E-state index contributed by atoms with van der Waals surface area (Å²) in [5, 5.41) is 0. The number of hydrogen-bond acceptors (Lipinski definition) is 5. The average Bonchev–Trinajstić information content (AvgIpc) is 3.76. The second-order valence-electron chi connectivity index (χ2n) is 12.1. The standard InChI is InChI=1S/C36H64O5/c1-3-5-7-9-11-13-15-17-18-20-22-24-26-28-30-32-34(37)40-41-36(38)35-33(39-35)31-29-27-25-23-21-19-16-14-12-10-8-6-4-2/h30,32H,3-29,31H2,1-2H3/b32-30+. The molecule has 0 aromatic carbocycles. The average molecular weight is 577 g/mol. The monoisotopic (exact) mass is 576 g/mol. The lowest BCUT2D eigenvalue weighted by molar-refractivity contribution is -0.252. The van der Waals surface area contributed by atoms with Crippen LogP contribution in [0.3, 0.4) is 0 Å². The predicted octanol–water partition coefficient (Wildman–Crippen LogP) is 11.7. The smallest absolute Gasteiger partial charge is 0.424 e. The second kappa shape index (κ2) is 28.3. The molecular weight excluding hydrogens is 512 g/mol. The Labute approximate surface area is 253 Å². The Balaban J connectivity index is 1.87. The molecule has 0 spiro atoms. The molecule has 0 aliphatic carbocycles. The van der Waals surface area contributed by atoms with E-state index in [0.717, 1.165) is 32.1 Å². The van der Waals surface area contributed by atoms with Crippen LogP contribution in [0.15, 0.2) is 23.7 Å². The Hall–Kier alpha value is -1.78. The Morgan fingerprint density at radius 2 is 0.927 bits per heavy atom. The van der Waals surface area contributed by atoms with Gasteiger partial charge in [0.15, 0.2) is 5.76 Å². The Morgan fingerprint density at radius 1 is 0.537 bits per heavy atom. The summed E-state index contributed by atoms with van der Waals surface area (Å²) in [6.45, 7) is 4.53. The maximum atomic E-state index is 12.0. The second-order valence-corrected chi connectivity index (χ2v) is 12.1. The van der Waals surface area contributed by atoms with E-state index in [9.17, 15) is 9.59 Å². The number of ether oxygens (including phenoxy) is 1. The molecule has 5 heteroatoms. The van der Waals surface area contributed by atoms with Crippen molar-refractivity contribution in [2.24, 2.45) is 0 Å². The summed E-state index contributed by atoms with van der Waals surface area (Å²) in [6, 6.07) is 0. The fourth-order valence-electron chi connectivity index (χ4n) is 5.33. The summed E-state index contributed by atoms with van der Waals surface area (Å²) in [7, 11) is 0. The third-order valence-electron chi connectivity index (χ3n) is 8.06. The van der Waals surface area contributed by atoms with E-state index < -0.39 is 11.9 Å². The van der Waals surface area contributed by atoms with E-state index in [0.29, 0.717) is 5.76 Å². The first-order valence-electron chi connectivity index (χ1n) is 17.7. The molecule has 1 aliphatic heterocycles. The molecule has 0 radical (unpaired) electrons. The number of hydrogen-bond donors (Lipinski definition) is 0. The SMILES string of the molecule is CCCCCCCCCCCCCCC/C=C/C(=O)OOC(=O)C1=C(CCCCCCCCCCCCCCC)O1. The van der Waals surface area contributed by atoms with Crippen LogP contribution in [0.1, 0.15) is 194 Å². The lowest BCUT2D eigenvalue weighted by atomic mass is 10.0. The topological polar surface area (TPSA) is 65.1 Å². The highest BCUT2D eigenvalue weighted by molar-refractivity contribution is 5.91. The number of carbonyl (C=O) groups is 2. The van der Waals surface area contributed by atoms with Crippen molar-refractivity contribution < 1.29 is 24.1 Å². The van der Waals surface area contributed by atoms with Crippen molar-refractivity contribution in [2.75, 3.05) is 0 Å². The van der Waals surface area contributed by atoms with E-state index in [2.05, 4.69) is 23.6 Å². The molecule has 41 heavy (non-hydrogen) atoms. The van der Waals surface area contributed by atoms with Crippen LogP contribution in [0.2, 0.25) is 0 Å². The molecule has 0 amide bonds. The minimum absolute atomic E-state index is 0.202.